The second-order valence-corrected chi connectivity index (χ2v) is 5.02. The van der Waals surface area contributed by atoms with Gasteiger partial charge in [0.25, 0.3) is 5.91 Å². The molecule has 0 aliphatic rings. The monoisotopic (exact) mass is 253 g/mol. The Morgan fingerprint density at radius 3 is 2.82 bits per heavy atom. The molecular weight excluding hydrogens is 234 g/mol. The summed E-state index contributed by atoms with van der Waals surface area (Å²) in [5.41, 5.74) is 9.37. The highest BCUT2D eigenvalue weighted by molar-refractivity contribution is 7.98. The quantitative estimate of drug-likeness (QED) is 0.403. The van der Waals surface area contributed by atoms with Crippen molar-refractivity contribution in [3.8, 4) is 0 Å². The third-order valence-corrected chi connectivity index (χ3v) is 3.78. The fourth-order valence-corrected chi connectivity index (χ4v) is 2.51. The van der Waals surface area contributed by atoms with Gasteiger partial charge in [0.05, 0.1) is 0 Å². The summed E-state index contributed by atoms with van der Waals surface area (Å²) in [5.74, 6) is 7.20. The van der Waals surface area contributed by atoms with Gasteiger partial charge in [0.2, 0.25) is 0 Å². The molecular formula is C12H19N3OS. The second kappa shape index (κ2) is 7.32. The molecule has 0 bridgehead atoms. The molecule has 1 rings (SSSR count). The number of hydrazine groups is 1. The number of nitrogens with two attached hydrogens (primary N) is 2. The minimum Gasteiger partial charge on any atom is -0.330 e. The summed E-state index contributed by atoms with van der Waals surface area (Å²) in [4.78, 5) is 11.5. The van der Waals surface area contributed by atoms with Gasteiger partial charge in [0.15, 0.2) is 0 Å². The highest BCUT2D eigenvalue weighted by Gasteiger charge is 2.09. The molecule has 1 aromatic rings. The molecule has 0 aliphatic heterocycles. The fourth-order valence-electron chi connectivity index (χ4n) is 1.38. The van der Waals surface area contributed by atoms with E-state index in [0.717, 1.165) is 17.1 Å². The van der Waals surface area contributed by atoms with Gasteiger partial charge in [-0.1, -0.05) is 25.1 Å². The van der Waals surface area contributed by atoms with Crippen LogP contribution in [-0.4, -0.2) is 18.2 Å². The summed E-state index contributed by atoms with van der Waals surface area (Å²) in [6.45, 7) is 2.81. The Labute approximate surface area is 106 Å². The van der Waals surface area contributed by atoms with Crippen molar-refractivity contribution in [2.75, 3.05) is 12.3 Å². The molecule has 4 nitrogen and oxygen atoms in total. The standard InChI is InChI=1S/C12H19N3OS/c1-9(6-13)7-17-8-10-4-2-3-5-11(10)12(16)15-14/h2-5,9H,6-8,13-14H2,1H3,(H,15,16). The number of nitrogens with one attached hydrogen (secondary N) is 1. The van der Waals surface area contributed by atoms with Crippen molar-refractivity contribution in [1.29, 1.82) is 0 Å². The van der Waals surface area contributed by atoms with Crippen LogP contribution in [0.3, 0.4) is 0 Å². The fraction of sp³-hybridized carbons (Fsp3) is 0.417. The van der Waals surface area contributed by atoms with Gasteiger partial charge in [0, 0.05) is 11.3 Å². The smallest absolute Gasteiger partial charge is 0.265 e. The van der Waals surface area contributed by atoms with Crippen molar-refractivity contribution < 1.29 is 4.79 Å². The van der Waals surface area contributed by atoms with E-state index < -0.39 is 0 Å². The predicted molar refractivity (Wildman–Crippen MR) is 72.5 cm³/mol. The van der Waals surface area contributed by atoms with Crippen LogP contribution in [0.2, 0.25) is 0 Å². The van der Waals surface area contributed by atoms with E-state index in [4.69, 9.17) is 11.6 Å². The van der Waals surface area contributed by atoms with E-state index in [1.165, 1.54) is 0 Å². The number of amides is 1. The molecule has 0 heterocycles. The first-order valence-corrected chi connectivity index (χ1v) is 6.71. The van der Waals surface area contributed by atoms with Crippen LogP contribution >= 0.6 is 11.8 Å². The number of hydrogen-bond acceptors (Lipinski definition) is 4. The van der Waals surface area contributed by atoms with E-state index in [1.54, 1.807) is 17.8 Å². The van der Waals surface area contributed by atoms with Crippen LogP contribution in [0.5, 0.6) is 0 Å². The number of carbonyl (C=O) groups excluding carboxylic acids is 1. The van der Waals surface area contributed by atoms with Crippen LogP contribution in [0.25, 0.3) is 0 Å². The average Bonchev–Trinajstić information content (AvgIpc) is 2.38. The van der Waals surface area contributed by atoms with Crippen molar-refractivity contribution >= 4 is 17.7 Å². The highest BCUT2D eigenvalue weighted by Crippen LogP contribution is 2.18. The van der Waals surface area contributed by atoms with E-state index in [2.05, 4.69) is 12.3 Å². The first-order chi connectivity index (χ1) is 8.19. The third kappa shape index (κ3) is 4.38. The molecule has 0 aliphatic carbocycles. The van der Waals surface area contributed by atoms with Gasteiger partial charge >= 0.3 is 0 Å². The number of hydrogen-bond donors (Lipinski definition) is 3. The lowest BCUT2D eigenvalue weighted by Gasteiger charge is -2.10. The van der Waals surface area contributed by atoms with Crippen molar-refractivity contribution in [3.63, 3.8) is 0 Å². The minimum atomic E-state index is -0.243. The molecule has 0 saturated carbocycles. The average molecular weight is 253 g/mol. The molecule has 5 N–H and O–H groups in total. The van der Waals surface area contributed by atoms with Crippen LogP contribution in [0.4, 0.5) is 0 Å². The Bertz CT molecular complexity index is 371. The molecule has 17 heavy (non-hydrogen) atoms. The largest absolute Gasteiger partial charge is 0.330 e. The molecule has 1 unspecified atom stereocenters. The van der Waals surface area contributed by atoms with Crippen LogP contribution in [0.15, 0.2) is 24.3 Å². The van der Waals surface area contributed by atoms with Crippen LogP contribution in [0.1, 0.15) is 22.8 Å². The first-order valence-electron chi connectivity index (χ1n) is 5.55. The van der Waals surface area contributed by atoms with Crippen molar-refractivity contribution in [1.82, 2.24) is 5.43 Å². The Kier molecular flexibility index (Phi) is 6.04. The normalized spacial score (nSPS) is 12.2. The summed E-state index contributed by atoms with van der Waals surface area (Å²) in [6.07, 6.45) is 0. The van der Waals surface area contributed by atoms with Gasteiger partial charge in [-0.25, -0.2) is 5.84 Å². The number of rotatable bonds is 6. The molecule has 1 amide bonds. The topological polar surface area (TPSA) is 81.1 Å². The Morgan fingerprint density at radius 2 is 2.18 bits per heavy atom. The zero-order valence-electron chi connectivity index (χ0n) is 9.98. The Morgan fingerprint density at radius 1 is 1.47 bits per heavy atom. The molecule has 0 aromatic heterocycles. The lowest BCUT2D eigenvalue weighted by Crippen LogP contribution is -2.30. The number of benzene rings is 1. The first kappa shape index (κ1) is 14.0. The molecule has 94 valence electrons. The number of thioether (sulfide) groups is 1. The van der Waals surface area contributed by atoms with Crippen LogP contribution in [-0.2, 0) is 5.75 Å². The summed E-state index contributed by atoms with van der Waals surface area (Å²) in [7, 11) is 0. The molecule has 5 heteroatoms. The van der Waals surface area contributed by atoms with Crippen molar-refractivity contribution in [2.24, 2.45) is 17.5 Å². The predicted octanol–water partition coefficient (Wildman–Crippen LogP) is 1.12. The lowest BCUT2D eigenvalue weighted by atomic mass is 10.1. The Balaban J connectivity index is 2.61. The van der Waals surface area contributed by atoms with Crippen molar-refractivity contribution in [2.45, 2.75) is 12.7 Å². The van der Waals surface area contributed by atoms with E-state index in [0.29, 0.717) is 18.0 Å². The zero-order valence-corrected chi connectivity index (χ0v) is 10.8. The molecule has 0 radical (unpaired) electrons. The Hall–Kier alpha value is -1.04. The number of carbonyl (C=O) groups is 1. The maximum absolute atomic E-state index is 11.5. The summed E-state index contributed by atoms with van der Waals surface area (Å²) in [6, 6.07) is 7.49. The van der Waals surface area contributed by atoms with Crippen molar-refractivity contribution in [3.05, 3.63) is 35.4 Å². The summed E-state index contributed by atoms with van der Waals surface area (Å²) >= 11 is 1.78. The molecule has 0 saturated heterocycles. The van der Waals surface area contributed by atoms with Gasteiger partial charge < -0.3 is 5.73 Å². The van der Waals surface area contributed by atoms with Gasteiger partial charge in [-0.05, 0) is 29.8 Å². The zero-order chi connectivity index (χ0) is 12.7. The summed E-state index contributed by atoms with van der Waals surface area (Å²) in [5, 5.41) is 0. The second-order valence-electron chi connectivity index (χ2n) is 3.99. The lowest BCUT2D eigenvalue weighted by molar-refractivity contribution is 0.0953. The van der Waals surface area contributed by atoms with Gasteiger partial charge in [0.1, 0.15) is 0 Å². The molecule has 1 aromatic carbocycles. The maximum Gasteiger partial charge on any atom is 0.265 e. The van der Waals surface area contributed by atoms with Gasteiger partial charge in [-0.3, -0.25) is 10.2 Å². The van der Waals surface area contributed by atoms with E-state index >= 15 is 0 Å². The van der Waals surface area contributed by atoms with Crippen LogP contribution < -0.4 is 17.0 Å². The SMILES string of the molecule is CC(CN)CSCc1ccccc1C(=O)NN. The van der Waals surface area contributed by atoms with E-state index in [9.17, 15) is 4.79 Å². The third-order valence-electron chi connectivity index (χ3n) is 2.46. The highest BCUT2D eigenvalue weighted by atomic mass is 32.2. The molecule has 0 fully saturated rings. The van der Waals surface area contributed by atoms with Gasteiger partial charge in [-0.15, -0.1) is 0 Å². The molecule has 0 spiro atoms. The minimum absolute atomic E-state index is 0.243. The maximum atomic E-state index is 11.5. The summed E-state index contributed by atoms with van der Waals surface area (Å²) < 4.78 is 0. The van der Waals surface area contributed by atoms with Gasteiger partial charge in [-0.2, -0.15) is 11.8 Å². The van der Waals surface area contributed by atoms with Crippen LogP contribution in [0, 0.1) is 5.92 Å². The van der Waals surface area contributed by atoms with E-state index in [1.807, 2.05) is 18.2 Å². The number of nitrogen functional groups attached to an aromatic ring is 1. The van der Waals surface area contributed by atoms with E-state index in [-0.39, 0.29) is 5.91 Å². The molecule has 1 atom stereocenters.